The molecule has 0 amide bonds. The first-order valence-corrected chi connectivity index (χ1v) is 13.0. The summed E-state index contributed by atoms with van der Waals surface area (Å²) in [5.74, 6) is -0.736. The van der Waals surface area contributed by atoms with Crippen LogP contribution in [0.4, 0.5) is 0 Å². The number of hydrogen-bond donors (Lipinski definition) is 1. The second kappa shape index (κ2) is 9.91. The number of ether oxygens (including phenoxy) is 1. The van der Waals surface area contributed by atoms with Crippen LogP contribution >= 0.6 is 11.8 Å². The van der Waals surface area contributed by atoms with E-state index in [2.05, 4.69) is 6.07 Å². The van der Waals surface area contributed by atoms with E-state index in [9.17, 15) is 9.90 Å². The van der Waals surface area contributed by atoms with Crippen LogP contribution in [-0.2, 0) is 24.2 Å². The summed E-state index contributed by atoms with van der Waals surface area (Å²) in [7, 11) is 0. The van der Waals surface area contributed by atoms with Gasteiger partial charge in [-0.1, -0.05) is 54.6 Å². The van der Waals surface area contributed by atoms with Crippen LogP contribution < -0.4 is 4.74 Å². The van der Waals surface area contributed by atoms with Crippen molar-refractivity contribution in [3.05, 3.63) is 107 Å². The molecule has 0 radical (unpaired) electrons. The number of aliphatic carboxylic acids is 1. The predicted octanol–water partition coefficient (Wildman–Crippen LogP) is 7.13. The molecular formula is C31H27ClN2O3. The van der Waals surface area contributed by atoms with Crippen molar-refractivity contribution in [3.63, 3.8) is 0 Å². The van der Waals surface area contributed by atoms with Crippen LogP contribution in [0.1, 0.15) is 41.3 Å². The van der Waals surface area contributed by atoms with Gasteiger partial charge in [-0.3, -0.25) is 8.88 Å². The molecule has 6 heteroatoms. The Morgan fingerprint density at radius 3 is 2.70 bits per heavy atom. The average molecular weight is 511 g/mol. The van der Waals surface area contributed by atoms with Crippen molar-refractivity contribution < 1.29 is 14.6 Å². The fourth-order valence-electron chi connectivity index (χ4n) is 5.68. The number of carbonyl (C=O) groups is 1. The van der Waals surface area contributed by atoms with Gasteiger partial charge in [-0.25, -0.2) is 4.98 Å². The standard InChI is InChI=1S/C31H27ClN2O3/c32-34-29-16-15-23(37-19-22-14-13-21-9-4-5-12-28(21)33-22)18-26(29)24-10-6-11-25(30(24)34)27(31(35)36)17-20-7-2-1-3-8-20/h1-5,7-9,12-16,18,25,27H,6,10-11,17,19H2,(H,35,36). The molecule has 2 atom stereocenters. The Morgan fingerprint density at radius 1 is 1.05 bits per heavy atom. The highest BCUT2D eigenvalue weighted by Gasteiger charge is 2.36. The topological polar surface area (TPSA) is 64.3 Å². The first-order chi connectivity index (χ1) is 18.1. The summed E-state index contributed by atoms with van der Waals surface area (Å²) < 4.78 is 7.82. The summed E-state index contributed by atoms with van der Waals surface area (Å²) in [6, 6.07) is 27.8. The molecule has 0 fully saturated rings. The van der Waals surface area contributed by atoms with Gasteiger partial charge in [0.15, 0.2) is 0 Å². The maximum Gasteiger partial charge on any atom is 0.307 e. The molecule has 2 aromatic heterocycles. The third-order valence-electron chi connectivity index (χ3n) is 7.46. The number of pyridine rings is 1. The normalized spacial score (nSPS) is 16.0. The number of aromatic nitrogens is 2. The van der Waals surface area contributed by atoms with Crippen molar-refractivity contribution in [1.82, 2.24) is 9.07 Å². The largest absolute Gasteiger partial charge is 0.487 e. The smallest absolute Gasteiger partial charge is 0.307 e. The van der Waals surface area contributed by atoms with Crippen molar-refractivity contribution in [2.24, 2.45) is 5.92 Å². The van der Waals surface area contributed by atoms with E-state index in [-0.39, 0.29) is 5.92 Å². The van der Waals surface area contributed by atoms with E-state index in [0.29, 0.717) is 13.0 Å². The van der Waals surface area contributed by atoms with Crippen LogP contribution in [0.3, 0.4) is 0 Å². The van der Waals surface area contributed by atoms with Crippen LogP contribution in [0.2, 0.25) is 0 Å². The molecule has 6 rings (SSSR count). The van der Waals surface area contributed by atoms with Crippen molar-refractivity contribution in [3.8, 4) is 5.75 Å². The fraction of sp³-hybridized carbons (Fsp3) is 0.226. The van der Waals surface area contributed by atoms with Crippen LogP contribution in [0.25, 0.3) is 21.8 Å². The van der Waals surface area contributed by atoms with E-state index in [1.807, 2.05) is 78.9 Å². The predicted molar refractivity (Wildman–Crippen MR) is 146 cm³/mol. The minimum atomic E-state index is -0.782. The second-order valence-corrected chi connectivity index (χ2v) is 10.1. The Bertz CT molecular complexity index is 1600. The molecule has 1 aliphatic rings. The number of fused-ring (bicyclic) bond motifs is 4. The molecule has 1 aliphatic carbocycles. The quantitative estimate of drug-likeness (QED) is 0.253. The van der Waals surface area contributed by atoms with Gasteiger partial charge >= 0.3 is 5.97 Å². The molecule has 0 spiro atoms. The van der Waals surface area contributed by atoms with Gasteiger partial charge in [0.2, 0.25) is 0 Å². The van der Waals surface area contributed by atoms with Gasteiger partial charge in [0.25, 0.3) is 0 Å². The molecule has 37 heavy (non-hydrogen) atoms. The van der Waals surface area contributed by atoms with Crippen LogP contribution in [0.15, 0.2) is 84.9 Å². The van der Waals surface area contributed by atoms with Crippen molar-refractivity contribution >= 4 is 39.6 Å². The van der Waals surface area contributed by atoms with Crippen LogP contribution in [0.5, 0.6) is 5.75 Å². The molecule has 0 bridgehead atoms. The second-order valence-electron chi connectivity index (χ2n) is 9.74. The van der Waals surface area contributed by atoms with Gasteiger partial charge < -0.3 is 9.84 Å². The number of halogens is 1. The van der Waals surface area contributed by atoms with Gasteiger partial charge in [-0.15, -0.1) is 0 Å². The zero-order valence-electron chi connectivity index (χ0n) is 20.3. The Balaban J connectivity index is 1.30. The first kappa shape index (κ1) is 23.6. The van der Waals surface area contributed by atoms with Gasteiger partial charge in [0, 0.05) is 34.2 Å². The molecule has 0 aliphatic heterocycles. The zero-order valence-corrected chi connectivity index (χ0v) is 21.1. The molecule has 3 aromatic carbocycles. The number of carboxylic acid groups (broad SMARTS) is 1. The Labute approximate surface area is 220 Å². The number of aryl methyl sites for hydroxylation is 1. The van der Waals surface area contributed by atoms with Gasteiger partial charge in [0.1, 0.15) is 12.4 Å². The Kier molecular flexibility index (Phi) is 6.31. The van der Waals surface area contributed by atoms with Gasteiger partial charge in [0.05, 0.1) is 22.6 Å². The molecule has 0 saturated heterocycles. The van der Waals surface area contributed by atoms with E-state index in [0.717, 1.165) is 69.3 Å². The number of rotatable bonds is 7. The maximum atomic E-state index is 12.4. The number of hydrogen-bond acceptors (Lipinski definition) is 3. The minimum Gasteiger partial charge on any atom is -0.487 e. The molecule has 186 valence electrons. The van der Waals surface area contributed by atoms with Crippen LogP contribution in [0, 0.1) is 5.92 Å². The molecule has 5 nitrogen and oxygen atoms in total. The molecule has 1 N–H and O–H groups in total. The number of nitrogens with zero attached hydrogens (tertiary/aromatic N) is 2. The zero-order chi connectivity index (χ0) is 25.4. The lowest BCUT2D eigenvalue weighted by Crippen LogP contribution is -2.28. The van der Waals surface area contributed by atoms with E-state index in [4.69, 9.17) is 21.5 Å². The van der Waals surface area contributed by atoms with E-state index in [1.54, 1.807) is 4.09 Å². The molecule has 0 saturated carbocycles. The number of carboxylic acids is 1. The molecule has 2 unspecified atom stereocenters. The van der Waals surface area contributed by atoms with E-state index >= 15 is 0 Å². The van der Waals surface area contributed by atoms with E-state index < -0.39 is 11.9 Å². The number of benzene rings is 3. The van der Waals surface area contributed by atoms with Crippen molar-refractivity contribution in [2.45, 2.75) is 38.2 Å². The lowest BCUT2D eigenvalue weighted by molar-refractivity contribution is -0.142. The first-order valence-electron chi connectivity index (χ1n) is 12.7. The molecular weight excluding hydrogens is 484 g/mol. The van der Waals surface area contributed by atoms with Gasteiger partial charge in [-0.05, 0) is 67.1 Å². The Hall–Kier alpha value is -3.83. The fourth-order valence-corrected chi connectivity index (χ4v) is 6.05. The monoisotopic (exact) mass is 510 g/mol. The highest BCUT2D eigenvalue weighted by Crippen LogP contribution is 2.44. The lowest BCUT2D eigenvalue weighted by Gasteiger charge is -2.29. The van der Waals surface area contributed by atoms with E-state index in [1.165, 1.54) is 0 Å². The highest BCUT2D eigenvalue weighted by atomic mass is 35.5. The summed E-state index contributed by atoms with van der Waals surface area (Å²) in [5, 5.41) is 12.3. The maximum absolute atomic E-state index is 12.4. The van der Waals surface area contributed by atoms with Crippen molar-refractivity contribution in [2.75, 3.05) is 0 Å². The number of para-hydroxylation sites is 1. The SMILES string of the molecule is O=C(O)C(Cc1ccccc1)C1CCCc2c1n(Cl)c1ccc(OCc3ccc4ccccc4n3)cc21. The third-order valence-corrected chi connectivity index (χ3v) is 7.83. The summed E-state index contributed by atoms with van der Waals surface area (Å²) >= 11 is 6.88. The average Bonchev–Trinajstić information content (AvgIpc) is 3.22. The summed E-state index contributed by atoms with van der Waals surface area (Å²) in [5.41, 5.74) is 5.79. The van der Waals surface area contributed by atoms with Gasteiger partial charge in [-0.2, -0.15) is 0 Å². The summed E-state index contributed by atoms with van der Waals surface area (Å²) in [6.45, 7) is 0.362. The molecule has 2 heterocycles. The minimum absolute atomic E-state index is 0.155. The lowest BCUT2D eigenvalue weighted by atomic mass is 9.76. The summed E-state index contributed by atoms with van der Waals surface area (Å²) in [4.78, 5) is 17.1. The highest BCUT2D eigenvalue weighted by molar-refractivity contribution is 6.20. The molecule has 5 aromatic rings. The van der Waals surface area contributed by atoms with Crippen LogP contribution in [-0.4, -0.2) is 20.1 Å². The van der Waals surface area contributed by atoms with Crippen molar-refractivity contribution in [1.29, 1.82) is 0 Å². The summed E-state index contributed by atoms with van der Waals surface area (Å²) in [6.07, 6.45) is 3.08. The third kappa shape index (κ3) is 4.56. The Morgan fingerprint density at radius 2 is 1.86 bits per heavy atom.